The molecule has 0 saturated carbocycles. The molecule has 1 aromatic carbocycles. The predicted octanol–water partition coefficient (Wildman–Crippen LogP) is 4.22. The van der Waals surface area contributed by atoms with Gasteiger partial charge in [-0.1, -0.05) is 24.3 Å². The van der Waals surface area contributed by atoms with E-state index in [2.05, 4.69) is 20.4 Å². The first-order chi connectivity index (χ1) is 12.2. The zero-order chi connectivity index (χ0) is 17.4. The van der Waals surface area contributed by atoms with Crippen LogP contribution in [0.5, 0.6) is 0 Å². The van der Waals surface area contributed by atoms with Gasteiger partial charge in [-0.05, 0) is 11.4 Å². The van der Waals surface area contributed by atoms with Crippen LogP contribution in [-0.4, -0.2) is 15.1 Å². The number of para-hydroxylation sites is 1. The molecule has 0 amide bonds. The van der Waals surface area contributed by atoms with Gasteiger partial charge in [0.05, 0.1) is 29.3 Å². The summed E-state index contributed by atoms with van der Waals surface area (Å²) in [6.45, 7) is 7.71. The summed E-state index contributed by atoms with van der Waals surface area (Å²) in [7, 11) is 0. The van der Waals surface area contributed by atoms with Crippen molar-refractivity contribution in [1.82, 2.24) is 10.2 Å². The highest BCUT2D eigenvalue weighted by atomic mass is 32.1. The Kier molecular flexibility index (Phi) is 3.56. The Labute approximate surface area is 146 Å². The predicted molar refractivity (Wildman–Crippen MR) is 95.0 cm³/mol. The van der Waals surface area contributed by atoms with Crippen molar-refractivity contribution in [3.63, 3.8) is 0 Å². The van der Waals surface area contributed by atoms with Crippen LogP contribution in [0.2, 0.25) is 0 Å². The maximum absolute atomic E-state index is 11.5. The molecule has 0 bridgehead atoms. The van der Waals surface area contributed by atoms with Crippen LogP contribution < -0.4 is 5.32 Å². The molecule has 3 aromatic rings. The minimum Gasteiger partial charge on any atom is -0.349 e. The quantitative estimate of drug-likeness (QED) is 0.421. The molecule has 0 spiro atoms. The number of nitrogens with one attached hydrogen (secondary N) is 2. The fourth-order valence-corrected chi connectivity index (χ4v) is 3.77. The lowest BCUT2D eigenvalue weighted by atomic mass is 9.85. The largest absolute Gasteiger partial charge is 0.349 e. The number of nitro benzene ring substituents is 1. The van der Waals surface area contributed by atoms with Gasteiger partial charge in [0.15, 0.2) is 0 Å². The van der Waals surface area contributed by atoms with E-state index >= 15 is 0 Å². The Balaban J connectivity index is 2.00. The van der Waals surface area contributed by atoms with Gasteiger partial charge >= 0.3 is 0 Å². The number of aromatic amines is 1. The van der Waals surface area contributed by atoms with Crippen molar-refractivity contribution >= 4 is 28.5 Å². The Morgan fingerprint density at radius 1 is 1.24 bits per heavy atom. The summed E-state index contributed by atoms with van der Waals surface area (Å²) < 4.78 is 0. The second-order valence-electron chi connectivity index (χ2n) is 5.42. The summed E-state index contributed by atoms with van der Waals surface area (Å²) in [5, 5.41) is 23.6. The molecule has 0 aliphatic carbocycles. The van der Waals surface area contributed by atoms with E-state index in [1.807, 2.05) is 17.5 Å². The molecule has 1 atom stereocenters. The lowest BCUT2D eigenvalue weighted by Crippen LogP contribution is -2.16. The number of benzene rings is 1. The monoisotopic (exact) mass is 349 g/mol. The standard InChI is InChI=1S/C17H11N5O2S/c1-18-16-14(10-5-2-3-6-12(10)22(23)24)11-9-19-21-17(11)20-15(16)13-7-4-8-25-13/h2-9,14H,(H2,19,20,21). The number of rotatable bonds is 3. The maximum atomic E-state index is 11.5. The number of hydrogen-bond donors (Lipinski definition) is 2. The molecule has 4 rings (SSSR count). The second-order valence-corrected chi connectivity index (χ2v) is 6.37. The zero-order valence-corrected chi connectivity index (χ0v) is 13.6. The Bertz CT molecular complexity index is 1030. The van der Waals surface area contributed by atoms with E-state index in [1.54, 1.807) is 24.4 Å². The highest BCUT2D eigenvalue weighted by molar-refractivity contribution is 7.11. The SMILES string of the molecule is [C-]#[N+]C1=C(c2cccs2)Nc2[nH]ncc2C1c1ccccc1[N+](=O)[O-]. The molecular formula is C17H11N5O2S. The van der Waals surface area contributed by atoms with Gasteiger partial charge in [0.25, 0.3) is 5.69 Å². The van der Waals surface area contributed by atoms with Crippen molar-refractivity contribution in [3.8, 4) is 0 Å². The van der Waals surface area contributed by atoms with Gasteiger partial charge in [0, 0.05) is 22.1 Å². The third-order valence-corrected chi connectivity index (χ3v) is 4.98. The summed E-state index contributed by atoms with van der Waals surface area (Å²) in [5.74, 6) is 0.102. The summed E-state index contributed by atoms with van der Waals surface area (Å²) >= 11 is 1.50. The number of nitro groups is 1. The molecule has 1 aliphatic rings. The molecule has 0 saturated heterocycles. The van der Waals surface area contributed by atoms with Gasteiger partial charge in [0.1, 0.15) is 5.82 Å². The Hall–Kier alpha value is -3.44. The molecule has 0 fully saturated rings. The molecule has 2 N–H and O–H groups in total. The third kappa shape index (κ3) is 2.38. The number of aromatic nitrogens is 2. The van der Waals surface area contributed by atoms with Crippen LogP contribution >= 0.6 is 11.3 Å². The van der Waals surface area contributed by atoms with Crippen molar-refractivity contribution in [3.05, 3.63) is 91.2 Å². The van der Waals surface area contributed by atoms with E-state index in [0.717, 1.165) is 10.4 Å². The molecule has 122 valence electrons. The Morgan fingerprint density at radius 3 is 2.80 bits per heavy atom. The normalized spacial score (nSPS) is 16.0. The number of nitrogens with zero attached hydrogens (tertiary/aromatic N) is 3. The number of fused-ring (bicyclic) bond motifs is 1. The van der Waals surface area contributed by atoms with E-state index in [1.165, 1.54) is 17.4 Å². The van der Waals surface area contributed by atoms with Gasteiger partial charge in [-0.2, -0.15) is 5.10 Å². The van der Waals surface area contributed by atoms with E-state index < -0.39 is 10.8 Å². The molecule has 0 radical (unpaired) electrons. The van der Waals surface area contributed by atoms with Crippen molar-refractivity contribution in [2.24, 2.45) is 0 Å². The highest BCUT2D eigenvalue weighted by Gasteiger charge is 2.36. The van der Waals surface area contributed by atoms with Crippen molar-refractivity contribution < 1.29 is 4.92 Å². The fourth-order valence-electron chi connectivity index (χ4n) is 3.04. The van der Waals surface area contributed by atoms with E-state index in [9.17, 15) is 10.1 Å². The summed E-state index contributed by atoms with van der Waals surface area (Å²) in [6, 6.07) is 10.3. The fraction of sp³-hybridized carbons (Fsp3) is 0.0588. The van der Waals surface area contributed by atoms with Crippen LogP contribution in [-0.2, 0) is 0 Å². The van der Waals surface area contributed by atoms with Crippen LogP contribution in [0.25, 0.3) is 10.5 Å². The summed E-state index contributed by atoms with van der Waals surface area (Å²) in [6.07, 6.45) is 1.61. The molecule has 8 heteroatoms. The average Bonchev–Trinajstić information content (AvgIpc) is 3.31. The van der Waals surface area contributed by atoms with Gasteiger partial charge in [0.2, 0.25) is 5.70 Å². The molecule has 2 aromatic heterocycles. The molecular weight excluding hydrogens is 338 g/mol. The first kappa shape index (κ1) is 15.1. The summed E-state index contributed by atoms with van der Waals surface area (Å²) in [4.78, 5) is 15.7. The first-order valence-electron chi connectivity index (χ1n) is 7.39. The topological polar surface area (TPSA) is 88.2 Å². The van der Waals surface area contributed by atoms with Gasteiger partial charge in [-0.3, -0.25) is 15.2 Å². The number of anilines is 1. The number of thiophene rings is 1. The number of hydrogen-bond acceptors (Lipinski definition) is 5. The molecule has 3 heterocycles. The first-order valence-corrected chi connectivity index (χ1v) is 8.27. The van der Waals surface area contributed by atoms with Gasteiger partial charge in [-0.25, -0.2) is 4.85 Å². The highest BCUT2D eigenvalue weighted by Crippen LogP contribution is 2.46. The minimum absolute atomic E-state index is 0.00627. The van der Waals surface area contributed by atoms with E-state index in [-0.39, 0.29) is 5.69 Å². The zero-order valence-electron chi connectivity index (χ0n) is 12.8. The number of H-pyrrole nitrogens is 1. The second kappa shape index (κ2) is 5.89. The molecule has 7 nitrogen and oxygen atoms in total. The van der Waals surface area contributed by atoms with E-state index in [0.29, 0.717) is 22.8 Å². The molecule has 1 unspecified atom stereocenters. The van der Waals surface area contributed by atoms with Crippen LogP contribution in [0.4, 0.5) is 11.5 Å². The molecule has 1 aliphatic heterocycles. The van der Waals surface area contributed by atoms with Crippen LogP contribution in [0, 0.1) is 16.7 Å². The van der Waals surface area contributed by atoms with Crippen LogP contribution in [0.15, 0.2) is 53.7 Å². The number of allylic oxidation sites excluding steroid dienone is 1. The van der Waals surface area contributed by atoms with Crippen molar-refractivity contribution in [2.45, 2.75) is 5.92 Å². The van der Waals surface area contributed by atoms with Crippen molar-refractivity contribution in [2.75, 3.05) is 5.32 Å². The third-order valence-electron chi connectivity index (χ3n) is 4.09. The minimum atomic E-state index is -0.550. The van der Waals surface area contributed by atoms with E-state index in [4.69, 9.17) is 6.57 Å². The van der Waals surface area contributed by atoms with Crippen LogP contribution in [0.1, 0.15) is 21.9 Å². The van der Waals surface area contributed by atoms with Crippen molar-refractivity contribution in [1.29, 1.82) is 0 Å². The smallest absolute Gasteiger partial charge is 0.272 e. The summed E-state index contributed by atoms with van der Waals surface area (Å²) in [5.41, 5.74) is 2.28. The maximum Gasteiger partial charge on any atom is 0.272 e. The Morgan fingerprint density at radius 2 is 2.08 bits per heavy atom. The van der Waals surface area contributed by atoms with Crippen LogP contribution in [0.3, 0.4) is 0 Å². The average molecular weight is 349 g/mol. The van der Waals surface area contributed by atoms with Gasteiger partial charge < -0.3 is 5.32 Å². The molecule has 25 heavy (non-hydrogen) atoms. The lowest BCUT2D eigenvalue weighted by molar-refractivity contribution is -0.385. The van der Waals surface area contributed by atoms with Gasteiger partial charge in [-0.15, -0.1) is 11.3 Å². The lowest BCUT2D eigenvalue weighted by Gasteiger charge is -2.25.